The van der Waals surface area contributed by atoms with Crippen molar-refractivity contribution in [3.05, 3.63) is 0 Å². The third-order valence-corrected chi connectivity index (χ3v) is 3.91. The van der Waals surface area contributed by atoms with Gasteiger partial charge in [0.1, 0.15) is 9.65 Å². The van der Waals surface area contributed by atoms with Crippen molar-refractivity contribution in [3.8, 4) is 0 Å². The molecule has 0 amide bonds. The van der Waals surface area contributed by atoms with Gasteiger partial charge in [0.25, 0.3) is 0 Å². The third-order valence-electron chi connectivity index (χ3n) is 2.25. The van der Waals surface area contributed by atoms with E-state index in [1.165, 1.54) is 0 Å². The van der Waals surface area contributed by atoms with E-state index in [0.29, 0.717) is 26.1 Å². The van der Waals surface area contributed by atoms with E-state index >= 15 is 0 Å². The van der Waals surface area contributed by atoms with Crippen LogP contribution in [0.4, 0.5) is 0 Å². The maximum absolute atomic E-state index is 11.3. The van der Waals surface area contributed by atoms with Crippen molar-refractivity contribution in [2.75, 3.05) is 13.2 Å². The minimum Gasteiger partial charge on any atom is -0.465 e. The number of hydrogen-bond acceptors (Lipinski definition) is 4. The van der Waals surface area contributed by atoms with Gasteiger partial charge in [-0.3, -0.25) is 9.59 Å². The van der Waals surface area contributed by atoms with Crippen LogP contribution in [0.2, 0.25) is 0 Å². The summed E-state index contributed by atoms with van der Waals surface area (Å²) in [5, 5.41) is 0. The molecule has 4 nitrogen and oxygen atoms in total. The van der Waals surface area contributed by atoms with E-state index in [2.05, 4.69) is 31.9 Å². The summed E-state index contributed by atoms with van der Waals surface area (Å²) in [6.45, 7) is 4.36. The van der Waals surface area contributed by atoms with Crippen LogP contribution in [-0.2, 0) is 19.1 Å². The second-order valence-corrected chi connectivity index (χ2v) is 5.93. The van der Waals surface area contributed by atoms with Crippen LogP contribution in [0.25, 0.3) is 0 Å². The Balaban J connectivity index is 3.66. The van der Waals surface area contributed by atoms with Crippen molar-refractivity contribution in [2.45, 2.75) is 49.2 Å². The zero-order chi connectivity index (χ0) is 14.0. The Morgan fingerprint density at radius 1 is 0.889 bits per heavy atom. The van der Waals surface area contributed by atoms with Crippen molar-refractivity contribution < 1.29 is 19.1 Å². The molecule has 2 atom stereocenters. The van der Waals surface area contributed by atoms with Crippen LogP contribution in [0.1, 0.15) is 39.5 Å². The second kappa shape index (κ2) is 10.8. The third kappa shape index (κ3) is 8.08. The summed E-state index contributed by atoms with van der Waals surface area (Å²) in [6, 6.07) is 0. The maximum atomic E-state index is 11.3. The fourth-order valence-electron chi connectivity index (χ4n) is 1.35. The minimum absolute atomic E-state index is 0.224. The Kier molecular flexibility index (Phi) is 10.7. The van der Waals surface area contributed by atoms with Crippen molar-refractivity contribution in [3.63, 3.8) is 0 Å². The SMILES string of the molecule is CCOC(=O)C(Br)CCCCC(Br)C(=O)OCC. The molecule has 0 aliphatic carbocycles. The number of halogens is 2. The van der Waals surface area contributed by atoms with Crippen LogP contribution < -0.4 is 0 Å². The van der Waals surface area contributed by atoms with Crippen molar-refractivity contribution in [2.24, 2.45) is 0 Å². The maximum Gasteiger partial charge on any atom is 0.319 e. The highest BCUT2D eigenvalue weighted by molar-refractivity contribution is 9.10. The molecular weight excluding hydrogens is 368 g/mol. The molecule has 0 saturated heterocycles. The molecule has 0 aliphatic rings. The molecule has 0 aromatic heterocycles. The lowest BCUT2D eigenvalue weighted by molar-refractivity contribution is -0.143. The standard InChI is InChI=1S/C12H20Br2O4/c1-3-17-11(15)9(13)7-5-6-8-10(14)12(16)18-4-2/h9-10H,3-8H2,1-2H3. The van der Waals surface area contributed by atoms with E-state index < -0.39 is 0 Å². The Bertz CT molecular complexity index is 232. The van der Waals surface area contributed by atoms with E-state index in [-0.39, 0.29) is 21.6 Å². The molecule has 18 heavy (non-hydrogen) atoms. The average Bonchev–Trinajstić information content (AvgIpc) is 2.34. The van der Waals surface area contributed by atoms with E-state index in [1.54, 1.807) is 13.8 Å². The molecular formula is C12H20Br2O4. The number of hydrogen-bond donors (Lipinski definition) is 0. The van der Waals surface area contributed by atoms with E-state index in [9.17, 15) is 9.59 Å². The molecule has 0 aromatic carbocycles. The molecule has 106 valence electrons. The Morgan fingerprint density at radius 2 is 1.22 bits per heavy atom. The lowest BCUT2D eigenvalue weighted by Crippen LogP contribution is -2.18. The van der Waals surface area contributed by atoms with Gasteiger partial charge in [0.05, 0.1) is 13.2 Å². The summed E-state index contributed by atoms with van der Waals surface area (Å²) >= 11 is 6.57. The predicted molar refractivity (Wildman–Crippen MR) is 77.2 cm³/mol. The quantitative estimate of drug-likeness (QED) is 0.346. The first-order valence-corrected chi connectivity index (χ1v) is 7.97. The number of rotatable bonds is 9. The predicted octanol–water partition coefficient (Wildman–Crippen LogP) is 3.20. The molecule has 0 N–H and O–H groups in total. The molecule has 0 saturated carbocycles. The topological polar surface area (TPSA) is 52.6 Å². The summed E-state index contributed by atoms with van der Waals surface area (Å²) in [7, 11) is 0. The highest BCUT2D eigenvalue weighted by atomic mass is 79.9. The fraction of sp³-hybridized carbons (Fsp3) is 0.833. The molecule has 0 bridgehead atoms. The Labute approximate surface area is 125 Å². The van der Waals surface area contributed by atoms with Crippen LogP contribution in [0.5, 0.6) is 0 Å². The van der Waals surface area contributed by atoms with E-state index in [4.69, 9.17) is 9.47 Å². The summed E-state index contributed by atoms with van der Waals surface area (Å²) in [6.07, 6.45) is 3.13. The van der Waals surface area contributed by atoms with Gasteiger partial charge in [-0.15, -0.1) is 0 Å². The second-order valence-electron chi connectivity index (χ2n) is 3.72. The van der Waals surface area contributed by atoms with E-state index in [1.807, 2.05) is 0 Å². The first-order chi connectivity index (χ1) is 8.52. The van der Waals surface area contributed by atoms with Gasteiger partial charge in [-0.25, -0.2) is 0 Å². The summed E-state index contributed by atoms with van der Waals surface area (Å²) in [4.78, 5) is 22.1. The normalized spacial score (nSPS) is 13.8. The van der Waals surface area contributed by atoms with Crippen LogP contribution in [0.3, 0.4) is 0 Å². The van der Waals surface area contributed by atoms with Gasteiger partial charge in [-0.05, 0) is 26.7 Å². The number of esters is 2. The van der Waals surface area contributed by atoms with Crippen molar-refractivity contribution in [1.82, 2.24) is 0 Å². The molecule has 0 radical (unpaired) electrons. The zero-order valence-electron chi connectivity index (χ0n) is 10.8. The number of carbonyl (C=O) groups excluding carboxylic acids is 2. The number of unbranched alkanes of at least 4 members (excludes halogenated alkanes) is 1. The zero-order valence-corrected chi connectivity index (χ0v) is 14.0. The van der Waals surface area contributed by atoms with Gasteiger partial charge in [0.2, 0.25) is 0 Å². The summed E-state index contributed by atoms with van der Waals surface area (Å²) in [5.41, 5.74) is 0. The highest BCUT2D eigenvalue weighted by Crippen LogP contribution is 2.16. The molecule has 0 spiro atoms. The minimum atomic E-state index is -0.256. The van der Waals surface area contributed by atoms with Crippen LogP contribution in [-0.4, -0.2) is 34.8 Å². The highest BCUT2D eigenvalue weighted by Gasteiger charge is 2.18. The number of carbonyl (C=O) groups is 2. The fourth-order valence-corrected chi connectivity index (χ4v) is 2.26. The lowest BCUT2D eigenvalue weighted by Gasteiger charge is -2.10. The lowest BCUT2D eigenvalue weighted by atomic mass is 10.1. The van der Waals surface area contributed by atoms with Crippen molar-refractivity contribution >= 4 is 43.8 Å². The van der Waals surface area contributed by atoms with Gasteiger partial charge in [-0.1, -0.05) is 44.7 Å². The Morgan fingerprint density at radius 3 is 1.50 bits per heavy atom. The molecule has 0 fully saturated rings. The monoisotopic (exact) mass is 386 g/mol. The van der Waals surface area contributed by atoms with Gasteiger partial charge in [-0.2, -0.15) is 0 Å². The van der Waals surface area contributed by atoms with Crippen LogP contribution in [0.15, 0.2) is 0 Å². The molecule has 0 aromatic rings. The summed E-state index contributed by atoms with van der Waals surface area (Å²) in [5.74, 6) is -0.448. The summed E-state index contributed by atoms with van der Waals surface area (Å²) < 4.78 is 9.77. The van der Waals surface area contributed by atoms with Gasteiger partial charge in [0.15, 0.2) is 0 Å². The number of ether oxygens (including phenoxy) is 2. The molecule has 6 heteroatoms. The van der Waals surface area contributed by atoms with Crippen LogP contribution >= 0.6 is 31.9 Å². The molecule has 0 rings (SSSR count). The average molecular weight is 388 g/mol. The van der Waals surface area contributed by atoms with Crippen LogP contribution in [0, 0.1) is 0 Å². The molecule has 2 unspecified atom stereocenters. The van der Waals surface area contributed by atoms with Gasteiger partial charge in [0, 0.05) is 0 Å². The Hall–Kier alpha value is -0.100. The smallest absolute Gasteiger partial charge is 0.319 e. The first kappa shape index (κ1) is 17.9. The largest absolute Gasteiger partial charge is 0.465 e. The molecule has 0 heterocycles. The van der Waals surface area contributed by atoms with E-state index in [0.717, 1.165) is 12.8 Å². The molecule has 0 aliphatic heterocycles. The van der Waals surface area contributed by atoms with Crippen molar-refractivity contribution in [1.29, 1.82) is 0 Å². The number of alkyl halides is 2. The first-order valence-electron chi connectivity index (χ1n) is 6.14. The van der Waals surface area contributed by atoms with Gasteiger partial charge < -0.3 is 9.47 Å². The van der Waals surface area contributed by atoms with Gasteiger partial charge >= 0.3 is 11.9 Å².